The minimum Gasteiger partial charge on any atom is -0.260 e. The lowest BCUT2D eigenvalue weighted by atomic mass is 9.85. The van der Waals surface area contributed by atoms with Crippen molar-refractivity contribution in [3.05, 3.63) is 222 Å². The normalized spacial score (nSPS) is 11.9. The molecule has 0 bridgehead atoms. The van der Waals surface area contributed by atoms with Gasteiger partial charge < -0.3 is 0 Å². The Balaban J connectivity index is 1.16. The molecule has 270 valence electrons. The van der Waals surface area contributed by atoms with Crippen molar-refractivity contribution in [3.63, 3.8) is 0 Å². The average molecular weight is 731 g/mol. The van der Waals surface area contributed by atoms with Crippen LogP contribution in [0.1, 0.15) is 12.5 Å². The van der Waals surface area contributed by atoms with Crippen molar-refractivity contribution < 1.29 is 0 Å². The molecule has 0 aliphatic heterocycles. The van der Waals surface area contributed by atoms with E-state index in [0.717, 1.165) is 39.1 Å². The zero-order chi connectivity index (χ0) is 38.3. The van der Waals surface area contributed by atoms with Crippen molar-refractivity contribution in [3.8, 4) is 44.8 Å². The number of fused-ring (bicyclic) bond motifs is 4. The van der Waals surface area contributed by atoms with Crippen LogP contribution in [0, 0.1) is 0 Å². The average Bonchev–Trinajstić information content (AvgIpc) is 3.57. The molecule has 10 aromatic rings. The summed E-state index contributed by atoms with van der Waals surface area (Å²) in [6, 6.07) is 66.1. The molecule has 9 aromatic carbocycles. The molecular weight excluding hydrogens is 693 g/mol. The molecule has 10 rings (SSSR count). The molecule has 1 heterocycles. The number of nitrogens with zero attached hydrogens (tertiary/aromatic N) is 2. The van der Waals surface area contributed by atoms with Crippen LogP contribution < -0.4 is 5.69 Å². The highest BCUT2D eigenvalue weighted by molar-refractivity contribution is 6.10. The maximum Gasteiger partial charge on any atom is 0.338 e. The van der Waals surface area contributed by atoms with Crippen molar-refractivity contribution in [2.75, 3.05) is 0 Å². The van der Waals surface area contributed by atoms with E-state index in [-0.39, 0.29) is 5.69 Å². The van der Waals surface area contributed by atoms with E-state index in [1.165, 1.54) is 54.6 Å². The molecule has 0 atom stereocenters. The first-order chi connectivity index (χ1) is 28.1. The summed E-state index contributed by atoms with van der Waals surface area (Å²) < 4.78 is 3.60. The van der Waals surface area contributed by atoms with Crippen molar-refractivity contribution in [1.82, 2.24) is 9.13 Å². The number of imidazole rings is 1. The molecule has 3 nitrogen and oxygen atoms in total. The Morgan fingerprint density at radius 2 is 0.965 bits per heavy atom. The quantitative estimate of drug-likeness (QED) is 0.150. The fourth-order valence-corrected chi connectivity index (χ4v) is 8.32. The summed E-state index contributed by atoms with van der Waals surface area (Å²) in [5.41, 5.74) is 11.4. The fourth-order valence-electron chi connectivity index (χ4n) is 8.32. The predicted molar refractivity (Wildman–Crippen MR) is 242 cm³/mol. The Kier molecular flexibility index (Phi) is 8.54. The van der Waals surface area contributed by atoms with E-state index in [0.29, 0.717) is 0 Å². The van der Waals surface area contributed by atoms with Gasteiger partial charge in [-0.05, 0) is 139 Å². The van der Waals surface area contributed by atoms with Gasteiger partial charge in [0.15, 0.2) is 0 Å². The van der Waals surface area contributed by atoms with Crippen LogP contribution in [0.15, 0.2) is 211 Å². The second-order valence-electron chi connectivity index (χ2n) is 14.5. The minimum atomic E-state index is -0.0959. The Hall–Kier alpha value is -7.49. The summed E-state index contributed by atoms with van der Waals surface area (Å²) in [6.07, 6.45) is 8.52. The van der Waals surface area contributed by atoms with Crippen LogP contribution in [-0.2, 0) is 0 Å². The molecule has 0 spiro atoms. The number of hydrogen-bond donors (Lipinski definition) is 0. The van der Waals surface area contributed by atoms with E-state index >= 15 is 0 Å². The van der Waals surface area contributed by atoms with Gasteiger partial charge in [0.05, 0.1) is 22.4 Å². The van der Waals surface area contributed by atoms with Gasteiger partial charge in [-0.15, -0.1) is 0 Å². The topological polar surface area (TPSA) is 26.9 Å². The van der Waals surface area contributed by atoms with Crippen molar-refractivity contribution >= 4 is 49.4 Å². The molecule has 0 aliphatic rings. The monoisotopic (exact) mass is 730 g/mol. The summed E-state index contributed by atoms with van der Waals surface area (Å²) in [6.45, 7) is 2.05. The van der Waals surface area contributed by atoms with E-state index in [1.807, 2.05) is 66.1 Å². The Bertz CT molecular complexity index is 3250. The fraction of sp³-hybridized carbons (Fsp3) is 0.0185. The molecule has 0 saturated carbocycles. The largest absolute Gasteiger partial charge is 0.338 e. The van der Waals surface area contributed by atoms with Gasteiger partial charge in [-0.2, -0.15) is 0 Å². The summed E-state index contributed by atoms with van der Waals surface area (Å²) in [7, 11) is 0. The standard InChI is InChI=1S/C54H38N2O/c1-2-3-5-18-44-36-49(43-25-23-37-14-8-10-16-40(37)33-43)50-35-42(29-32-48(50)53(44)45-26-24-38-15-9-11-17-41(38)34-45)39-27-30-47(31-28-39)56-52-22-13-12-21-51(52)55(54(56)57)46-19-6-4-7-20-46/h2-36H,1H3/b3-2-,18-5-. The molecule has 0 unspecified atom stereocenters. The first-order valence-electron chi connectivity index (χ1n) is 19.4. The molecule has 1 aromatic heterocycles. The zero-order valence-corrected chi connectivity index (χ0v) is 31.5. The van der Waals surface area contributed by atoms with E-state index in [4.69, 9.17) is 0 Å². The van der Waals surface area contributed by atoms with Gasteiger partial charge in [0.25, 0.3) is 0 Å². The van der Waals surface area contributed by atoms with Crippen molar-refractivity contribution in [1.29, 1.82) is 0 Å². The van der Waals surface area contributed by atoms with Gasteiger partial charge >= 0.3 is 5.69 Å². The molecule has 0 radical (unpaired) electrons. The van der Waals surface area contributed by atoms with Crippen LogP contribution in [0.2, 0.25) is 0 Å². The Labute approximate surface area is 331 Å². The van der Waals surface area contributed by atoms with Gasteiger partial charge in [0.1, 0.15) is 0 Å². The van der Waals surface area contributed by atoms with E-state index in [1.54, 1.807) is 4.57 Å². The van der Waals surface area contributed by atoms with Crippen LogP contribution in [-0.4, -0.2) is 9.13 Å². The second kappa shape index (κ2) is 14.3. The molecular formula is C54H38N2O. The Morgan fingerprint density at radius 1 is 0.421 bits per heavy atom. The third-order valence-electron chi connectivity index (χ3n) is 11.1. The maximum atomic E-state index is 14.1. The van der Waals surface area contributed by atoms with E-state index in [9.17, 15) is 4.79 Å². The number of rotatable bonds is 7. The Morgan fingerprint density at radius 3 is 1.63 bits per heavy atom. The number of hydrogen-bond acceptors (Lipinski definition) is 1. The van der Waals surface area contributed by atoms with Gasteiger partial charge in [-0.1, -0.05) is 152 Å². The van der Waals surface area contributed by atoms with Crippen LogP contribution in [0.5, 0.6) is 0 Å². The van der Waals surface area contributed by atoms with Crippen LogP contribution in [0.25, 0.3) is 94.2 Å². The van der Waals surface area contributed by atoms with Crippen molar-refractivity contribution in [2.45, 2.75) is 6.92 Å². The lowest BCUT2D eigenvalue weighted by Crippen LogP contribution is -2.21. The zero-order valence-electron chi connectivity index (χ0n) is 31.5. The minimum absolute atomic E-state index is 0.0959. The summed E-state index contributed by atoms with van der Waals surface area (Å²) in [5, 5.41) is 7.24. The van der Waals surface area contributed by atoms with Gasteiger partial charge in [0, 0.05) is 0 Å². The third-order valence-corrected chi connectivity index (χ3v) is 11.1. The highest BCUT2D eigenvalue weighted by Crippen LogP contribution is 2.42. The second-order valence-corrected chi connectivity index (χ2v) is 14.5. The molecule has 0 fully saturated rings. The summed E-state index contributed by atoms with van der Waals surface area (Å²) >= 11 is 0. The number of allylic oxidation sites excluding steroid dienone is 3. The van der Waals surface area contributed by atoms with E-state index in [2.05, 4.69) is 158 Å². The smallest absolute Gasteiger partial charge is 0.260 e. The molecule has 0 N–H and O–H groups in total. The lowest BCUT2D eigenvalue weighted by Gasteiger charge is -2.18. The molecule has 0 saturated heterocycles. The van der Waals surface area contributed by atoms with Gasteiger partial charge in [-0.3, -0.25) is 9.13 Å². The molecule has 0 amide bonds. The highest BCUT2D eigenvalue weighted by atomic mass is 16.1. The number of aromatic nitrogens is 2. The summed E-state index contributed by atoms with van der Waals surface area (Å²) in [5.74, 6) is 0. The van der Waals surface area contributed by atoms with Crippen LogP contribution in [0.4, 0.5) is 0 Å². The van der Waals surface area contributed by atoms with E-state index < -0.39 is 0 Å². The number of para-hydroxylation sites is 3. The predicted octanol–water partition coefficient (Wildman–Crippen LogP) is 13.8. The first kappa shape index (κ1) is 34.0. The molecule has 57 heavy (non-hydrogen) atoms. The van der Waals surface area contributed by atoms with Crippen LogP contribution >= 0.6 is 0 Å². The highest BCUT2D eigenvalue weighted by Gasteiger charge is 2.18. The SMILES string of the molecule is C/C=C\C=C/c1cc(-c2ccc3ccccc3c2)c2cc(-c3ccc(-n4c(=O)n(-c5ccccc5)c5ccccc54)cc3)ccc2c1-c1ccc2ccccc2c1. The molecule has 3 heteroatoms. The van der Waals surface area contributed by atoms with Gasteiger partial charge in [0.2, 0.25) is 0 Å². The van der Waals surface area contributed by atoms with Crippen molar-refractivity contribution in [2.24, 2.45) is 0 Å². The van der Waals surface area contributed by atoms with Crippen LogP contribution in [0.3, 0.4) is 0 Å². The molecule has 0 aliphatic carbocycles. The maximum absolute atomic E-state index is 14.1. The third kappa shape index (κ3) is 6.07. The van der Waals surface area contributed by atoms with Gasteiger partial charge in [-0.25, -0.2) is 4.79 Å². The lowest BCUT2D eigenvalue weighted by molar-refractivity contribution is 0.931. The number of benzene rings is 9. The summed E-state index contributed by atoms with van der Waals surface area (Å²) in [4.78, 5) is 14.1. The first-order valence-corrected chi connectivity index (χ1v) is 19.4.